The minimum atomic E-state index is 0.395. The van der Waals surface area contributed by atoms with Crippen LogP contribution in [0.2, 0.25) is 0 Å². The highest BCUT2D eigenvalue weighted by atomic mass is 31.0. The van der Waals surface area contributed by atoms with Crippen LogP contribution < -0.4 is 0 Å². The van der Waals surface area contributed by atoms with Gasteiger partial charge in [-0.3, -0.25) is 0 Å². The molecule has 0 aliphatic heterocycles. The molecule has 1 atom stereocenters. The molecule has 1 fully saturated rings. The average Bonchev–Trinajstić information content (AvgIpc) is 2.67. The van der Waals surface area contributed by atoms with Crippen LogP contribution in [-0.2, 0) is 11.6 Å². The molecule has 0 N–H and O–H groups in total. The van der Waals surface area contributed by atoms with E-state index < -0.39 is 0 Å². The fourth-order valence-corrected chi connectivity index (χ4v) is 2.97. The highest BCUT2D eigenvalue weighted by Gasteiger charge is 2.30. The number of hydrogen-bond acceptors (Lipinski definition) is 0. The van der Waals surface area contributed by atoms with Crippen molar-refractivity contribution < 1.29 is 0 Å². The molecule has 1 unspecified atom stereocenters. The van der Waals surface area contributed by atoms with Crippen LogP contribution in [0, 0.1) is 0 Å². The molecule has 76 valence electrons. The second kappa shape index (κ2) is 4.03. The molecule has 0 radical (unpaired) electrons. The van der Waals surface area contributed by atoms with Crippen LogP contribution in [-0.4, -0.2) is 0 Å². The number of rotatable bonds is 2. The Morgan fingerprint density at radius 3 is 2.21 bits per heavy atom. The SMILES string of the molecule is CCc1ccc(C2(P)CCCC2)cc1. The third kappa shape index (κ3) is 1.86. The van der Waals surface area contributed by atoms with Gasteiger partial charge in [0.25, 0.3) is 0 Å². The molecule has 0 spiro atoms. The predicted octanol–water partition coefficient (Wildman–Crippen LogP) is 3.89. The maximum Gasteiger partial charge on any atom is 0.00975 e. The quantitative estimate of drug-likeness (QED) is 0.644. The van der Waals surface area contributed by atoms with E-state index in [2.05, 4.69) is 40.4 Å². The van der Waals surface area contributed by atoms with Crippen molar-refractivity contribution in [3.63, 3.8) is 0 Å². The number of hydrogen-bond donors (Lipinski definition) is 0. The fraction of sp³-hybridized carbons (Fsp3) is 0.538. The summed E-state index contributed by atoms with van der Waals surface area (Å²) in [5.41, 5.74) is 2.96. The normalized spacial score (nSPS) is 19.9. The Bertz CT molecular complexity index is 294. The van der Waals surface area contributed by atoms with Gasteiger partial charge in [0.05, 0.1) is 0 Å². The minimum Gasteiger partial charge on any atom is -0.126 e. The number of aryl methyl sites for hydroxylation is 1. The van der Waals surface area contributed by atoms with Crippen LogP contribution in [0.25, 0.3) is 0 Å². The molecule has 0 bridgehead atoms. The third-order valence-corrected chi connectivity index (χ3v) is 4.34. The molecule has 0 aromatic heterocycles. The van der Waals surface area contributed by atoms with Gasteiger partial charge in [0, 0.05) is 5.16 Å². The lowest BCUT2D eigenvalue weighted by atomic mass is 9.95. The Hall–Kier alpha value is -0.350. The fourth-order valence-electron chi connectivity index (χ4n) is 2.37. The van der Waals surface area contributed by atoms with Gasteiger partial charge in [-0.05, 0) is 30.4 Å². The first kappa shape index (κ1) is 10.2. The van der Waals surface area contributed by atoms with Crippen LogP contribution >= 0.6 is 9.24 Å². The zero-order valence-corrected chi connectivity index (χ0v) is 10.1. The van der Waals surface area contributed by atoms with E-state index in [4.69, 9.17) is 0 Å². The molecule has 0 saturated heterocycles. The molecule has 1 aliphatic rings. The number of benzene rings is 1. The van der Waals surface area contributed by atoms with Crippen molar-refractivity contribution in [2.45, 2.75) is 44.2 Å². The van der Waals surface area contributed by atoms with E-state index in [0.717, 1.165) is 6.42 Å². The summed E-state index contributed by atoms with van der Waals surface area (Å²) in [5, 5.41) is 0.395. The van der Waals surface area contributed by atoms with Gasteiger partial charge in [-0.2, -0.15) is 0 Å². The third-order valence-electron chi connectivity index (χ3n) is 3.43. The Balaban J connectivity index is 2.23. The van der Waals surface area contributed by atoms with Crippen LogP contribution in [0.3, 0.4) is 0 Å². The van der Waals surface area contributed by atoms with E-state index in [9.17, 15) is 0 Å². The molecular formula is C13H19P. The van der Waals surface area contributed by atoms with E-state index in [1.807, 2.05) is 0 Å². The molecule has 1 saturated carbocycles. The minimum absolute atomic E-state index is 0.395. The molecule has 2 rings (SSSR count). The summed E-state index contributed by atoms with van der Waals surface area (Å²) in [6.45, 7) is 2.21. The van der Waals surface area contributed by atoms with Gasteiger partial charge in [-0.1, -0.05) is 44.0 Å². The summed E-state index contributed by atoms with van der Waals surface area (Å²) in [6, 6.07) is 9.19. The summed E-state index contributed by atoms with van der Waals surface area (Å²) >= 11 is 0. The molecule has 0 nitrogen and oxygen atoms in total. The molecule has 1 aliphatic carbocycles. The largest absolute Gasteiger partial charge is 0.126 e. The molecule has 1 aromatic rings. The summed E-state index contributed by atoms with van der Waals surface area (Å²) < 4.78 is 0. The van der Waals surface area contributed by atoms with Crippen molar-refractivity contribution >= 4 is 9.24 Å². The van der Waals surface area contributed by atoms with Gasteiger partial charge >= 0.3 is 0 Å². The lowest BCUT2D eigenvalue weighted by Crippen LogP contribution is -2.11. The van der Waals surface area contributed by atoms with Gasteiger partial charge in [0.15, 0.2) is 0 Å². The van der Waals surface area contributed by atoms with E-state index in [1.54, 1.807) is 0 Å². The van der Waals surface area contributed by atoms with Crippen molar-refractivity contribution in [1.29, 1.82) is 0 Å². The Kier molecular flexibility index (Phi) is 2.93. The highest BCUT2D eigenvalue weighted by molar-refractivity contribution is 7.18. The lowest BCUT2D eigenvalue weighted by molar-refractivity contribution is 0.651. The Labute approximate surface area is 89.3 Å². The second-order valence-electron chi connectivity index (χ2n) is 4.41. The zero-order valence-electron chi connectivity index (χ0n) is 8.92. The van der Waals surface area contributed by atoms with Gasteiger partial charge in [0.2, 0.25) is 0 Å². The summed E-state index contributed by atoms with van der Waals surface area (Å²) in [6.07, 6.45) is 6.59. The smallest absolute Gasteiger partial charge is 0.00975 e. The monoisotopic (exact) mass is 206 g/mol. The van der Waals surface area contributed by atoms with E-state index in [-0.39, 0.29) is 0 Å². The summed E-state index contributed by atoms with van der Waals surface area (Å²) in [7, 11) is 3.08. The first-order chi connectivity index (χ1) is 6.74. The maximum atomic E-state index is 3.08. The van der Waals surface area contributed by atoms with Crippen LogP contribution in [0.15, 0.2) is 24.3 Å². The van der Waals surface area contributed by atoms with Crippen molar-refractivity contribution in [3.8, 4) is 0 Å². The van der Waals surface area contributed by atoms with Crippen molar-refractivity contribution in [1.82, 2.24) is 0 Å². The van der Waals surface area contributed by atoms with Gasteiger partial charge in [-0.15, -0.1) is 9.24 Å². The molecule has 0 amide bonds. The Morgan fingerprint density at radius 1 is 1.14 bits per heavy atom. The maximum absolute atomic E-state index is 3.08. The first-order valence-corrected chi connectivity index (χ1v) is 6.21. The van der Waals surface area contributed by atoms with Crippen LogP contribution in [0.1, 0.15) is 43.7 Å². The highest BCUT2D eigenvalue weighted by Crippen LogP contribution is 2.46. The zero-order chi connectivity index (χ0) is 10.0. The molecular weight excluding hydrogens is 187 g/mol. The van der Waals surface area contributed by atoms with Gasteiger partial charge < -0.3 is 0 Å². The van der Waals surface area contributed by atoms with Crippen molar-refractivity contribution in [2.75, 3.05) is 0 Å². The lowest BCUT2D eigenvalue weighted by Gasteiger charge is -2.24. The van der Waals surface area contributed by atoms with Crippen LogP contribution in [0.5, 0.6) is 0 Å². The molecule has 1 aromatic carbocycles. The molecule has 0 heterocycles. The van der Waals surface area contributed by atoms with Gasteiger partial charge in [-0.25, -0.2) is 0 Å². The van der Waals surface area contributed by atoms with E-state index >= 15 is 0 Å². The summed E-state index contributed by atoms with van der Waals surface area (Å²) in [4.78, 5) is 0. The molecule has 14 heavy (non-hydrogen) atoms. The standard InChI is InChI=1S/C13H19P/c1-2-11-5-7-12(8-6-11)13(14)9-3-4-10-13/h5-8H,2-4,9-10,14H2,1H3. The summed E-state index contributed by atoms with van der Waals surface area (Å²) in [5.74, 6) is 0. The van der Waals surface area contributed by atoms with Crippen molar-refractivity contribution in [2.24, 2.45) is 0 Å². The van der Waals surface area contributed by atoms with E-state index in [1.165, 1.54) is 36.8 Å². The first-order valence-electron chi connectivity index (χ1n) is 5.63. The molecule has 1 heteroatoms. The van der Waals surface area contributed by atoms with E-state index in [0.29, 0.717) is 5.16 Å². The van der Waals surface area contributed by atoms with Crippen LogP contribution in [0.4, 0.5) is 0 Å². The average molecular weight is 206 g/mol. The second-order valence-corrected chi connectivity index (χ2v) is 5.52. The van der Waals surface area contributed by atoms with Gasteiger partial charge in [0.1, 0.15) is 0 Å². The van der Waals surface area contributed by atoms with Crippen molar-refractivity contribution in [3.05, 3.63) is 35.4 Å². The topological polar surface area (TPSA) is 0 Å². The predicted molar refractivity (Wildman–Crippen MR) is 65.7 cm³/mol. The Morgan fingerprint density at radius 2 is 1.71 bits per heavy atom.